The zero-order valence-electron chi connectivity index (χ0n) is 12.4. The van der Waals surface area contributed by atoms with Crippen molar-refractivity contribution in [3.05, 3.63) is 29.6 Å². The van der Waals surface area contributed by atoms with Crippen molar-refractivity contribution in [1.82, 2.24) is 9.55 Å². The monoisotopic (exact) mass is 270 g/mol. The third-order valence-corrected chi connectivity index (χ3v) is 4.60. The van der Waals surface area contributed by atoms with Gasteiger partial charge in [-0.2, -0.15) is 0 Å². The highest BCUT2D eigenvalue weighted by Gasteiger charge is 2.21. The molecule has 1 saturated carbocycles. The molecule has 2 aromatic heterocycles. The molecule has 1 fully saturated rings. The number of ketones is 1. The Balaban J connectivity index is 2.05. The van der Waals surface area contributed by atoms with Crippen molar-refractivity contribution in [2.75, 3.05) is 0 Å². The maximum Gasteiger partial charge on any atom is 0.162 e. The molecule has 2 heterocycles. The van der Waals surface area contributed by atoms with Gasteiger partial charge >= 0.3 is 0 Å². The first-order valence-electron chi connectivity index (χ1n) is 7.63. The maximum atomic E-state index is 11.9. The fraction of sp³-hybridized carbons (Fsp3) is 0.529. The molecule has 3 nitrogen and oxygen atoms in total. The lowest BCUT2D eigenvalue weighted by atomic mass is 9.89. The largest absolute Gasteiger partial charge is 0.329 e. The average molecular weight is 270 g/mol. The van der Waals surface area contributed by atoms with Gasteiger partial charge in [0.15, 0.2) is 5.78 Å². The second-order valence-electron chi connectivity index (χ2n) is 6.01. The zero-order chi connectivity index (χ0) is 14.1. The van der Waals surface area contributed by atoms with Gasteiger partial charge in [0.1, 0.15) is 5.65 Å². The molecule has 0 saturated heterocycles. The summed E-state index contributed by atoms with van der Waals surface area (Å²) < 4.78 is 2.27. The second kappa shape index (κ2) is 5.39. The van der Waals surface area contributed by atoms with Crippen LogP contribution in [0.1, 0.15) is 55.1 Å². The summed E-state index contributed by atoms with van der Waals surface area (Å²) in [5.41, 5.74) is 2.90. The lowest BCUT2D eigenvalue weighted by Crippen LogP contribution is -2.15. The van der Waals surface area contributed by atoms with Gasteiger partial charge in [-0.15, -0.1) is 0 Å². The lowest BCUT2D eigenvalue weighted by Gasteiger charge is -2.23. The number of fused-ring (bicyclic) bond motifs is 1. The van der Waals surface area contributed by atoms with E-state index in [0.29, 0.717) is 0 Å². The molecular formula is C17H22N2O. The second-order valence-corrected chi connectivity index (χ2v) is 6.01. The van der Waals surface area contributed by atoms with Crippen molar-refractivity contribution in [2.24, 2.45) is 5.92 Å². The molecule has 3 heteroatoms. The molecule has 0 bridgehead atoms. The van der Waals surface area contributed by atoms with Gasteiger partial charge in [0.25, 0.3) is 0 Å². The Kier molecular flexibility index (Phi) is 3.60. The van der Waals surface area contributed by atoms with Crippen LogP contribution in [0.4, 0.5) is 0 Å². The third-order valence-electron chi connectivity index (χ3n) is 4.60. The van der Waals surface area contributed by atoms with E-state index in [1.165, 1.54) is 32.1 Å². The third kappa shape index (κ3) is 2.26. The molecule has 3 rings (SSSR count). The van der Waals surface area contributed by atoms with E-state index >= 15 is 0 Å². The quantitative estimate of drug-likeness (QED) is 0.786. The van der Waals surface area contributed by atoms with Crippen LogP contribution in [0, 0.1) is 12.8 Å². The molecule has 0 aromatic carbocycles. The van der Waals surface area contributed by atoms with E-state index in [-0.39, 0.29) is 5.78 Å². The molecular weight excluding hydrogens is 248 g/mol. The summed E-state index contributed by atoms with van der Waals surface area (Å²) in [4.78, 5) is 16.5. The number of hydrogen-bond donors (Lipinski definition) is 0. The molecule has 0 amide bonds. The number of carbonyl (C=O) groups excluding carboxylic acids is 1. The summed E-state index contributed by atoms with van der Waals surface area (Å²) in [6, 6.07) is 3.93. The van der Waals surface area contributed by atoms with E-state index in [9.17, 15) is 4.79 Å². The summed E-state index contributed by atoms with van der Waals surface area (Å²) in [7, 11) is 0. The van der Waals surface area contributed by atoms with Crippen LogP contribution in [0.2, 0.25) is 0 Å². The van der Waals surface area contributed by atoms with Crippen molar-refractivity contribution in [3.63, 3.8) is 0 Å². The molecule has 2 aromatic rings. The Labute approximate surface area is 120 Å². The average Bonchev–Trinajstić information content (AvgIpc) is 2.73. The number of pyridine rings is 1. The Morgan fingerprint density at radius 2 is 2.10 bits per heavy atom. The number of hydrogen-bond acceptors (Lipinski definition) is 2. The Hall–Kier alpha value is -1.64. The molecule has 20 heavy (non-hydrogen) atoms. The lowest BCUT2D eigenvalue weighted by molar-refractivity contribution is 0.101. The normalized spacial score (nSPS) is 16.7. The zero-order valence-corrected chi connectivity index (χ0v) is 12.4. The van der Waals surface area contributed by atoms with E-state index in [1.54, 1.807) is 6.92 Å². The minimum Gasteiger partial charge on any atom is -0.329 e. The summed E-state index contributed by atoms with van der Waals surface area (Å²) in [6.45, 7) is 4.72. The predicted molar refractivity (Wildman–Crippen MR) is 81.0 cm³/mol. The van der Waals surface area contributed by atoms with Crippen molar-refractivity contribution >= 4 is 16.8 Å². The van der Waals surface area contributed by atoms with Crippen LogP contribution < -0.4 is 0 Å². The summed E-state index contributed by atoms with van der Waals surface area (Å²) in [5, 5.41) is 1.01. The molecule has 0 spiro atoms. The Morgan fingerprint density at radius 3 is 2.80 bits per heavy atom. The molecule has 1 aliphatic rings. The van der Waals surface area contributed by atoms with Crippen molar-refractivity contribution in [2.45, 2.75) is 52.5 Å². The first kappa shape index (κ1) is 13.3. The van der Waals surface area contributed by atoms with Crippen molar-refractivity contribution in [3.8, 4) is 0 Å². The smallest absolute Gasteiger partial charge is 0.162 e. The van der Waals surface area contributed by atoms with E-state index in [1.807, 2.05) is 18.3 Å². The Morgan fingerprint density at radius 1 is 1.35 bits per heavy atom. The van der Waals surface area contributed by atoms with E-state index in [4.69, 9.17) is 0 Å². The number of carbonyl (C=O) groups is 1. The Bertz CT molecular complexity index is 636. The van der Waals surface area contributed by atoms with E-state index in [0.717, 1.165) is 34.8 Å². The van der Waals surface area contributed by atoms with Crippen LogP contribution in [-0.2, 0) is 6.54 Å². The van der Waals surface area contributed by atoms with Gasteiger partial charge in [-0.3, -0.25) is 4.79 Å². The van der Waals surface area contributed by atoms with Gasteiger partial charge < -0.3 is 4.57 Å². The molecule has 1 aliphatic carbocycles. The number of nitrogens with zero attached hydrogens (tertiary/aromatic N) is 2. The van der Waals surface area contributed by atoms with E-state index in [2.05, 4.69) is 16.5 Å². The molecule has 0 aliphatic heterocycles. The minimum atomic E-state index is 0.142. The summed E-state index contributed by atoms with van der Waals surface area (Å²) >= 11 is 0. The van der Waals surface area contributed by atoms with Gasteiger partial charge in [-0.1, -0.05) is 19.3 Å². The van der Waals surface area contributed by atoms with Crippen LogP contribution in [0.25, 0.3) is 11.0 Å². The number of aromatic nitrogens is 2. The number of Topliss-reactive ketones (excluding diaryl/α,β-unsaturated/α-hetero) is 1. The standard InChI is InChI=1S/C17H22N2O/c1-12-16(13(2)20)15-9-6-10-18-17(15)19(12)11-14-7-4-3-5-8-14/h6,9-10,14H,3-5,7-8,11H2,1-2H3. The molecule has 0 unspecified atom stereocenters. The van der Waals surface area contributed by atoms with Crippen molar-refractivity contribution in [1.29, 1.82) is 0 Å². The fourth-order valence-corrected chi connectivity index (χ4v) is 3.59. The van der Waals surface area contributed by atoms with Gasteiger partial charge in [-0.05, 0) is 44.7 Å². The fourth-order valence-electron chi connectivity index (χ4n) is 3.59. The summed E-state index contributed by atoms with van der Waals surface area (Å²) in [5.74, 6) is 0.878. The van der Waals surface area contributed by atoms with Crippen LogP contribution >= 0.6 is 0 Å². The van der Waals surface area contributed by atoms with Gasteiger partial charge in [0, 0.05) is 29.4 Å². The summed E-state index contributed by atoms with van der Waals surface area (Å²) in [6.07, 6.45) is 8.50. The van der Waals surface area contributed by atoms with Gasteiger partial charge in [0.2, 0.25) is 0 Å². The van der Waals surface area contributed by atoms with Crippen LogP contribution in [0.15, 0.2) is 18.3 Å². The SMILES string of the molecule is CC(=O)c1c(C)n(CC2CCCCC2)c2ncccc12. The first-order valence-corrected chi connectivity index (χ1v) is 7.63. The topological polar surface area (TPSA) is 34.9 Å². The molecule has 0 radical (unpaired) electrons. The van der Waals surface area contributed by atoms with E-state index < -0.39 is 0 Å². The molecule has 0 N–H and O–H groups in total. The predicted octanol–water partition coefficient (Wildman–Crippen LogP) is 4.13. The maximum absolute atomic E-state index is 11.9. The highest BCUT2D eigenvalue weighted by Crippen LogP contribution is 2.30. The first-order chi connectivity index (χ1) is 9.68. The van der Waals surface area contributed by atoms with Crippen molar-refractivity contribution < 1.29 is 4.79 Å². The van der Waals surface area contributed by atoms with Crippen LogP contribution in [0.3, 0.4) is 0 Å². The molecule has 106 valence electrons. The van der Waals surface area contributed by atoms with Gasteiger partial charge in [-0.25, -0.2) is 4.98 Å². The van der Waals surface area contributed by atoms with Gasteiger partial charge in [0.05, 0.1) is 0 Å². The number of rotatable bonds is 3. The van der Waals surface area contributed by atoms with Crippen LogP contribution in [-0.4, -0.2) is 15.3 Å². The highest BCUT2D eigenvalue weighted by molar-refractivity contribution is 6.07. The van der Waals surface area contributed by atoms with Crippen LogP contribution in [0.5, 0.6) is 0 Å². The highest BCUT2D eigenvalue weighted by atomic mass is 16.1. The molecule has 0 atom stereocenters. The minimum absolute atomic E-state index is 0.142.